The molecule has 0 aliphatic carbocycles. The molecule has 0 aliphatic heterocycles. The lowest BCUT2D eigenvalue weighted by atomic mass is 9.92. The van der Waals surface area contributed by atoms with Crippen LogP contribution < -0.4 is 10.4 Å². The van der Waals surface area contributed by atoms with Crippen LogP contribution in [0.5, 0.6) is 0 Å². The Morgan fingerprint density at radius 1 is 0.865 bits per heavy atom. The highest BCUT2D eigenvalue weighted by Crippen LogP contribution is 2.39. The number of carboxylic acid groups (broad SMARTS) is 1. The van der Waals surface area contributed by atoms with Gasteiger partial charge in [0.25, 0.3) is 8.32 Å². The van der Waals surface area contributed by atoms with Gasteiger partial charge in [-0.1, -0.05) is 150 Å². The zero-order valence-corrected chi connectivity index (χ0v) is 32.4. The Labute approximate surface area is 308 Å². The number of benzene rings is 4. The van der Waals surface area contributed by atoms with E-state index in [9.17, 15) is 18.9 Å². The maximum absolute atomic E-state index is 14.0. The summed E-state index contributed by atoms with van der Waals surface area (Å²) in [5.41, 5.74) is 5.25. The van der Waals surface area contributed by atoms with E-state index in [-0.39, 0.29) is 36.0 Å². The molecule has 6 nitrogen and oxygen atoms in total. The fourth-order valence-electron chi connectivity index (χ4n) is 6.66. The number of rotatable bonds is 15. The van der Waals surface area contributed by atoms with Crippen molar-refractivity contribution in [1.82, 2.24) is 4.98 Å². The number of pyridine rings is 1. The predicted molar refractivity (Wildman–Crippen MR) is 213 cm³/mol. The van der Waals surface area contributed by atoms with Crippen molar-refractivity contribution >= 4 is 38.8 Å². The summed E-state index contributed by atoms with van der Waals surface area (Å²) in [6.07, 6.45) is 2.53. The van der Waals surface area contributed by atoms with Crippen LogP contribution in [0.4, 0.5) is 4.39 Å². The van der Waals surface area contributed by atoms with Crippen molar-refractivity contribution in [1.29, 1.82) is 0 Å². The van der Waals surface area contributed by atoms with Crippen molar-refractivity contribution < 1.29 is 27.8 Å². The van der Waals surface area contributed by atoms with Crippen LogP contribution in [0.25, 0.3) is 28.5 Å². The number of aliphatic carboxylic acids is 1. The Kier molecular flexibility index (Phi) is 12.9. The molecular formula is C43H47FNO5PSi. The molecule has 5 rings (SSSR count). The summed E-state index contributed by atoms with van der Waals surface area (Å²) >= 11 is 0. The molecule has 0 spiro atoms. The third-order valence-corrected chi connectivity index (χ3v) is 15.4. The van der Waals surface area contributed by atoms with E-state index >= 15 is 0 Å². The number of hydrogen-bond donors (Lipinski definition) is 1. The fraction of sp³-hybridized carbons (Fsp3) is 0.256. The summed E-state index contributed by atoms with van der Waals surface area (Å²) in [6, 6.07) is 38.3. The largest absolute Gasteiger partial charge is 0.481 e. The summed E-state index contributed by atoms with van der Waals surface area (Å²) in [4.78, 5) is 17.2. The number of carboxylic acids is 1. The minimum Gasteiger partial charge on any atom is -0.481 e. The van der Waals surface area contributed by atoms with Gasteiger partial charge < -0.3 is 14.1 Å². The Bertz CT molecular complexity index is 1940. The van der Waals surface area contributed by atoms with E-state index in [2.05, 4.69) is 34.6 Å². The lowest BCUT2D eigenvalue weighted by molar-refractivity contribution is -0.138. The van der Waals surface area contributed by atoms with Crippen LogP contribution >= 0.6 is 8.03 Å². The SMILES string of the molecule is CC(C)c1nc(-c2ccccc2)cc(-c2ccc(F)cc2)c1C=CCO[PH](=O)CC(CC(=O)O)O[Si](c1ccccc1)(c1ccccc1)C(C)(C)C. The Balaban J connectivity index is 1.41. The molecule has 0 amide bonds. The highest BCUT2D eigenvalue weighted by atomic mass is 31.1. The van der Waals surface area contributed by atoms with Crippen LogP contribution in [0.3, 0.4) is 0 Å². The third kappa shape index (κ3) is 9.30. The lowest BCUT2D eigenvalue weighted by Crippen LogP contribution is -2.68. The van der Waals surface area contributed by atoms with Crippen LogP contribution in [0.1, 0.15) is 58.2 Å². The number of carbonyl (C=O) groups is 1. The highest BCUT2D eigenvalue weighted by molar-refractivity contribution is 7.39. The van der Waals surface area contributed by atoms with Gasteiger partial charge in [0.15, 0.2) is 8.03 Å². The maximum Gasteiger partial charge on any atom is 0.305 e. The minimum atomic E-state index is -3.10. The molecule has 0 saturated heterocycles. The maximum atomic E-state index is 14.0. The van der Waals surface area contributed by atoms with Gasteiger partial charge in [-0.3, -0.25) is 14.3 Å². The van der Waals surface area contributed by atoms with Gasteiger partial charge in [0.1, 0.15) is 5.82 Å². The first kappa shape index (κ1) is 38.8. The first-order valence-electron chi connectivity index (χ1n) is 17.6. The van der Waals surface area contributed by atoms with E-state index in [4.69, 9.17) is 13.9 Å². The molecule has 4 aromatic carbocycles. The number of nitrogens with zero attached hydrogens (tertiary/aromatic N) is 1. The van der Waals surface area contributed by atoms with Gasteiger partial charge in [-0.15, -0.1) is 0 Å². The van der Waals surface area contributed by atoms with E-state index < -0.39 is 28.4 Å². The second-order valence-electron chi connectivity index (χ2n) is 14.2. The number of hydrogen-bond acceptors (Lipinski definition) is 5. The second kappa shape index (κ2) is 17.4. The summed E-state index contributed by atoms with van der Waals surface area (Å²) in [5.74, 6) is -1.28. The summed E-state index contributed by atoms with van der Waals surface area (Å²) in [7, 11) is -5.83. The third-order valence-electron chi connectivity index (χ3n) is 9.04. The standard InChI is InChI=1S/C43H47FNO5PSi/c1-31(2)42-38(39(32-23-25-34(44)26-24-32)29-40(45-42)33-16-9-6-10-17-33)22-15-27-49-51(48)30-35(28-41(46)47)50-52(43(3,4)5,36-18-11-7-12-19-36)37-20-13-8-14-21-37/h6-26,29,31,35,51H,27-28,30H2,1-5H3,(H,46,47). The van der Waals surface area contributed by atoms with Gasteiger partial charge in [-0.2, -0.15) is 0 Å². The normalized spacial score (nSPS) is 13.4. The molecule has 52 heavy (non-hydrogen) atoms. The van der Waals surface area contributed by atoms with E-state index in [0.29, 0.717) is 0 Å². The zero-order valence-electron chi connectivity index (χ0n) is 30.4. The summed E-state index contributed by atoms with van der Waals surface area (Å²) in [6.45, 7) is 10.5. The van der Waals surface area contributed by atoms with Crippen LogP contribution in [0.15, 0.2) is 127 Å². The predicted octanol–water partition coefficient (Wildman–Crippen LogP) is 9.60. The summed E-state index contributed by atoms with van der Waals surface area (Å²) in [5, 5.41) is 11.6. The van der Waals surface area contributed by atoms with Gasteiger partial charge >= 0.3 is 5.97 Å². The average molecular weight is 736 g/mol. The highest BCUT2D eigenvalue weighted by Gasteiger charge is 2.51. The molecule has 9 heteroatoms. The first-order valence-corrected chi connectivity index (χ1v) is 21.0. The molecular weight excluding hydrogens is 689 g/mol. The molecule has 0 aliphatic rings. The monoisotopic (exact) mass is 735 g/mol. The second-order valence-corrected chi connectivity index (χ2v) is 19.9. The van der Waals surface area contributed by atoms with Crippen LogP contribution in [0.2, 0.25) is 5.04 Å². The average Bonchev–Trinajstić information content (AvgIpc) is 3.12. The van der Waals surface area contributed by atoms with Crippen molar-refractivity contribution in [3.63, 3.8) is 0 Å². The van der Waals surface area contributed by atoms with E-state index in [0.717, 1.165) is 44.0 Å². The van der Waals surface area contributed by atoms with Crippen LogP contribution in [-0.2, 0) is 18.3 Å². The molecule has 5 aromatic rings. The molecule has 2 unspecified atom stereocenters. The molecule has 0 bridgehead atoms. The smallest absolute Gasteiger partial charge is 0.305 e. The Morgan fingerprint density at radius 2 is 1.42 bits per heavy atom. The zero-order chi connectivity index (χ0) is 37.3. The number of aromatic nitrogens is 1. The van der Waals surface area contributed by atoms with E-state index in [1.54, 1.807) is 18.2 Å². The van der Waals surface area contributed by atoms with E-state index in [1.165, 1.54) is 12.1 Å². The fourth-order valence-corrected chi connectivity index (χ4v) is 12.5. The quantitative estimate of drug-likeness (QED) is 0.0852. The van der Waals surface area contributed by atoms with Crippen molar-refractivity contribution in [3.05, 3.63) is 144 Å². The van der Waals surface area contributed by atoms with Gasteiger partial charge in [-0.05, 0) is 50.7 Å². The molecule has 0 radical (unpaired) electrons. The molecule has 0 saturated carbocycles. The van der Waals surface area contributed by atoms with Crippen molar-refractivity contribution in [2.24, 2.45) is 0 Å². The molecule has 1 aromatic heterocycles. The van der Waals surface area contributed by atoms with Gasteiger partial charge in [0.2, 0.25) is 0 Å². The molecule has 1 heterocycles. The molecule has 0 fully saturated rings. The summed E-state index contributed by atoms with van der Waals surface area (Å²) < 4.78 is 40.4. The van der Waals surface area contributed by atoms with Crippen molar-refractivity contribution in [2.45, 2.75) is 58.1 Å². The van der Waals surface area contributed by atoms with Crippen LogP contribution in [0, 0.1) is 5.82 Å². The van der Waals surface area contributed by atoms with Gasteiger partial charge in [0.05, 0.1) is 30.5 Å². The van der Waals surface area contributed by atoms with Crippen molar-refractivity contribution in [2.75, 3.05) is 12.8 Å². The molecule has 1 N–H and O–H groups in total. The van der Waals surface area contributed by atoms with Gasteiger partial charge in [0, 0.05) is 17.3 Å². The Morgan fingerprint density at radius 3 is 1.94 bits per heavy atom. The van der Waals surface area contributed by atoms with Crippen molar-refractivity contribution in [3.8, 4) is 22.4 Å². The van der Waals surface area contributed by atoms with E-state index in [1.807, 2.05) is 103 Å². The molecule has 270 valence electrons. The topological polar surface area (TPSA) is 85.7 Å². The minimum absolute atomic E-state index is 0.0393. The van der Waals surface area contributed by atoms with Crippen LogP contribution in [-0.4, -0.2) is 43.2 Å². The Hall–Kier alpha value is -4.46. The number of halogens is 1. The molecule has 2 atom stereocenters. The lowest BCUT2D eigenvalue weighted by Gasteiger charge is -2.45. The first-order chi connectivity index (χ1) is 24.9. The van der Waals surface area contributed by atoms with Gasteiger partial charge in [-0.25, -0.2) is 4.39 Å².